The molecule has 0 fully saturated rings. The van der Waals surface area contributed by atoms with E-state index in [1.165, 1.54) is 6.08 Å². The van der Waals surface area contributed by atoms with Gasteiger partial charge in [0.05, 0.1) is 0 Å². The van der Waals surface area contributed by atoms with E-state index in [1.54, 1.807) is 24.3 Å². The largest absolute Gasteiger partial charge is 0.460 e. The van der Waals surface area contributed by atoms with E-state index >= 15 is 0 Å². The lowest BCUT2D eigenvalue weighted by Crippen LogP contribution is -2.20. The molecule has 3 N–H and O–H groups in total. The molecule has 26 heavy (non-hydrogen) atoms. The first kappa shape index (κ1) is 17.5. The fourth-order valence-electron chi connectivity index (χ4n) is 2.80. The van der Waals surface area contributed by atoms with Crippen molar-refractivity contribution in [3.63, 3.8) is 0 Å². The van der Waals surface area contributed by atoms with Crippen LogP contribution in [-0.2, 0) is 17.8 Å². The van der Waals surface area contributed by atoms with Gasteiger partial charge in [0.1, 0.15) is 11.3 Å². The summed E-state index contributed by atoms with van der Waals surface area (Å²) in [5.74, 6) is 0.142. The van der Waals surface area contributed by atoms with Crippen LogP contribution in [0.4, 0.5) is 0 Å². The van der Waals surface area contributed by atoms with Gasteiger partial charge in [0.15, 0.2) is 0 Å². The average molecular weight is 348 g/mol. The Bertz CT molecular complexity index is 986. The molecule has 3 aromatic rings. The first-order valence-corrected chi connectivity index (χ1v) is 8.43. The van der Waals surface area contributed by atoms with Gasteiger partial charge in [-0.2, -0.15) is 0 Å². The molecule has 1 heterocycles. The molecule has 0 unspecified atom stereocenters. The van der Waals surface area contributed by atoms with Gasteiger partial charge in [0.2, 0.25) is 11.8 Å². The Kier molecular flexibility index (Phi) is 5.17. The van der Waals surface area contributed by atoms with Crippen LogP contribution in [0.5, 0.6) is 0 Å². The first-order chi connectivity index (χ1) is 12.6. The predicted molar refractivity (Wildman–Crippen MR) is 101 cm³/mol. The Morgan fingerprint density at radius 3 is 2.73 bits per heavy atom. The summed E-state index contributed by atoms with van der Waals surface area (Å²) in [4.78, 5) is 23.4. The molecule has 0 aliphatic heterocycles. The normalized spacial score (nSPS) is 11.1. The van der Waals surface area contributed by atoms with Crippen molar-refractivity contribution in [2.75, 3.05) is 0 Å². The van der Waals surface area contributed by atoms with Gasteiger partial charge in [-0.3, -0.25) is 9.59 Å². The maximum atomic E-state index is 12.1. The highest BCUT2D eigenvalue weighted by Crippen LogP contribution is 2.27. The number of nitrogens with one attached hydrogen (secondary N) is 1. The van der Waals surface area contributed by atoms with E-state index in [-0.39, 0.29) is 5.91 Å². The standard InChI is InChI=1S/C21H20N2O3/c1-2-18-17(16-8-3-4-9-19(16)26-18)10-11-20(24)23-13-14-6-5-7-15(12-14)21(22)25/h3-12H,2,13H2,1H3,(H2,22,25)(H,23,24)/b11-10+. The van der Waals surface area contributed by atoms with Gasteiger partial charge in [0.25, 0.3) is 0 Å². The Morgan fingerprint density at radius 2 is 1.96 bits per heavy atom. The second kappa shape index (κ2) is 7.70. The Labute approximate surface area is 151 Å². The molecule has 0 atom stereocenters. The Balaban J connectivity index is 1.70. The number of primary amides is 1. The van der Waals surface area contributed by atoms with Gasteiger partial charge in [-0.25, -0.2) is 0 Å². The van der Waals surface area contributed by atoms with Crippen LogP contribution in [0.15, 0.2) is 59.0 Å². The summed E-state index contributed by atoms with van der Waals surface area (Å²) in [6.45, 7) is 2.33. The number of benzene rings is 2. The number of carbonyl (C=O) groups excluding carboxylic acids is 2. The summed E-state index contributed by atoms with van der Waals surface area (Å²) in [7, 11) is 0. The first-order valence-electron chi connectivity index (χ1n) is 8.43. The number of furan rings is 1. The molecule has 0 aliphatic rings. The molecule has 0 radical (unpaired) electrons. The van der Waals surface area contributed by atoms with Crippen molar-refractivity contribution in [3.8, 4) is 0 Å². The molecule has 0 saturated heterocycles. The van der Waals surface area contributed by atoms with Crippen molar-refractivity contribution in [1.82, 2.24) is 5.32 Å². The smallest absolute Gasteiger partial charge is 0.248 e. The summed E-state index contributed by atoms with van der Waals surface area (Å²) < 4.78 is 5.82. The molecular formula is C21H20N2O3. The number of amides is 2. The van der Waals surface area contributed by atoms with Gasteiger partial charge >= 0.3 is 0 Å². The molecule has 132 valence electrons. The SMILES string of the molecule is CCc1oc2ccccc2c1/C=C/C(=O)NCc1cccc(C(N)=O)c1. The number of hydrogen-bond donors (Lipinski definition) is 2. The maximum absolute atomic E-state index is 12.1. The maximum Gasteiger partial charge on any atom is 0.248 e. The molecule has 0 saturated carbocycles. The zero-order valence-electron chi connectivity index (χ0n) is 14.5. The van der Waals surface area contributed by atoms with Gasteiger partial charge in [-0.15, -0.1) is 0 Å². The van der Waals surface area contributed by atoms with E-state index in [2.05, 4.69) is 5.32 Å². The van der Waals surface area contributed by atoms with Crippen LogP contribution in [0.1, 0.15) is 34.2 Å². The summed E-state index contributed by atoms with van der Waals surface area (Å²) in [5.41, 5.74) is 8.24. The van der Waals surface area contributed by atoms with E-state index in [0.717, 1.165) is 34.3 Å². The molecule has 0 bridgehead atoms. The predicted octanol–water partition coefficient (Wildman–Crippen LogP) is 3.42. The minimum atomic E-state index is -0.489. The second-order valence-electron chi connectivity index (χ2n) is 5.90. The van der Waals surface area contributed by atoms with Crippen molar-refractivity contribution in [2.45, 2.75) is 19.9 Å². The van der Waals surface area contributed by atoms with E-state index < -0.39 is 5.91 Å². The minimum absolute atomic E-state index is 0.221. The van der Waals surface area contributed by atoms with Crippen molar-refractivity contribution < 1.29 is 14.0 Å². The highest BCUT2D eigenvalue weighted by atomic mass is 16.3. The number of aryl methyl sites for hydroxylation is 1. The molecule has 1 aromatic heterocycles. The van der Waals surface area contributed by atoms with E-state index in [0.29, 0.717) is 12.1 Å². The number of fused-ring (bicyclic) bond motifs is 1. The summed E-state index contributed by atoms with van der Waals surface area (Å²) in [6, 6.07) is 14.6. The number of hydrogen-bond acceptors (Lipinski definition) is 3. The van der Waals surface area contributed by atoms with Gasteiger partial charge in [-0.1, -0.05) is 37.3 Å². The molecule has 0 spiro atoms. The molecule has 2 amide bonds. The van der Waals surface area contributed by atoms with Crippen LogP contribution in [0.25, 0.3) is 17.0 Å². The minimum Gasteiger partial charge on any atom is -0.460 e. The molecule has 0 aliphatic carbocycles. The average Bonchev–Trinajstić information content (AvgIpc) is 3.02. The van der Waals surface area contributed by atoms with Crippen LogP contribution in [0, 0.1) is 0 Å². The third kappa shape index (κ3) is 3.83. The number of nitrogens with two attached hydrogens (primary N) is 1. The molecular weight excluding hydrogens is 328 g/mol. The number of para-hydroxylation sites is 1. The molecule has 5 heteroatoms. The van der Waals surface area contributed by atoms with E-state index in [9.17, 15) is 9.59 Å². The lowest BCUT2D eigenvalue weighted by Gasteiger charge is -2.04. The lowest BCUT2D eigenvalue weighted by atomic mass is 10.1. The van der Waals surface area contributed by atoms with Crippen LogP contribution < -0.4 is 11.1 Å². The third-order valence-electron chi connectivity index (χ3n) is 4.11. The Hall–Kier alpha value is -3.34. The lowest BCUT2D eigenvalue weighted by molar-refractivity contribution is -0.116. The highest BCUT2D eigenvalue weighted by molar-refractivity contribution is 5.96. The van der Waals surface area contributed by atoms with Crippen LogP contribution in [0.3, 0.4) is 0 Å². The van der Waals surface area contributed by atoms with E-state index in [4.69, 9.17) is 10.2 Å². The monoisotopic (exact) mass is 348 g/mol. The van der Waals surface area contributed by atoms with Crippen LogP contribution in [0.2, 0.25) is 0 Å². The third-order valence-corrected chi connectivity index (χ3v) is 4.11. The number of rotatable bonds is 6. The fraction of sp³-hybridized carbons (Fsp3) is 0.143. The highest BCUT2D eigenvalue weighted by Gasteiger charge is 2.10. The van der Waals surface area contributed by atoms with E-state index in [1.807, 2.05) is 37.3 Å². The zero-order valence-corrected chi connectivity index (χ0v) is 14.5. The van der Waals surface area contributed by atoms with Crippen molar-refractivity contribution >= 4 is 28.9 Å². The molecule has 3 rings (SSSR count). The van der Waals surface area contributed by atoms with Crippen molar-refractivity contribution in [1.29, 1.82) is 0 Å². The van der Waals surface area contributed by atoms with Crippen LogP contribution in [-0.4, -0.2) is 11.8 Å². The van der Waals surface area contributed by atoms with Crippen molar-refractivity contribution in [2.24, 2.45) is 5.73 Å². The van der Waals surface area contributed by atoms with Crippen LogP contribution >= 0.6 is 0 Å². The fourth-order valence-corrected chi connectivity index (χ4v) is 2.80. The quantitative estimate of drug-likeness (QED) is 0.669. The van der Waals surface area contributed by atoms with Gasteiger partial charge < -0.3 is 15.5 Å². The molecule has 5 nitrogen and oxygen atoms in total. The second-order valence-corrected chi connectivity index (χ2v) is 5.90. The zero-order chi connectivity index (χ0) is 18.5. The van der Waals surface area contributed by atoms with Crippen molar-refractivity contribution in [3.05, 3.63) is 77.1 Å². The Morgan fingerprint density at radius 1 is 1.15 bits per heavy atom. The summed E-state index contributed by atoms with van der Waals surface area (Å²) >= 11 is 0. The number of carbonyl (C=O) groups is 2. The topological polar surface area (TPSA) is 85.3 Å². The van der Waals surface area contributed by atoms with Gasteiger partial charge in [0, 0.05) is 35.6 Å². The van der Waals surface area contributed by atoms with Gasteiger partial charge in [-0.05, 0) is 29.8 Å². The summed E-state index contributed by atoms with van der Waals surface area (Å²) in [6.07, 6.45) is 4.02. The summed E-state index contributed by atoms with van der Waals surface area (Å²) in [5, 5.41) is 3.79. The molecule has 2 aromatic carbocycles.